The van der Waals surface area contributed by atoms with Gasteiger partial charge in [-0.15, -0.1) is 0 Å². The van der Waals surface area contributed by atoms with Crippen molar-refractivity contribution in [2.24, 2.45) is 7.05 Å². The fourth-order valence-electron chi connectivity index (χ4n) is 1.94. The zero-order valence-corrected chi connectivity index (χ0v) is 8.82. The molecule has 2 rings (SSSR count). The molecule has 5 nitrogen and oxygen atoms in total. The summed E-state index contributed by atoms with van der Waals surface area (Å²) in [4.78, 5) is 4.42. The third kappa shape index (κ3) is 1.53. The molecule has 2 heterocycles. The van der Waals surface area contributed by atoms with Crippen LogP contribution in [0.4, 0.5) is 0 Å². The topological polar surface area (TPSA) is 52.0 Å². The van der Waals surface area contributed by atoms with Gasteiger partial charge in [0, 0.05) is 13.1 Å². The van der Waals surface area contributed by atoms with Crippen LogP contribution in [-0.4, -0.2) is 41.1 Å². The van der Waals surface area contributed by atoms with Gasteiger partial charge >= 0.3 is 0 Å². The van der Waals surface area contributed by atoms with Crippen LogP contribution < -0.4 is 5.32 Å². The van der Waals surface area contributed by atoms with Crippen LogP contribution in [0.3, 0.4) is 0 Å². The van der Waals surface area contributed by atoms with Crippen molar-refractivity contribution < 1.29 is 4.74 Å². The smallest absolute Gasteiger partial charge is 0.147 e. The van der Waals surface area contributed by atoms with Gasteiger partial charge in [0.2, 0.25) is 0 Å². The molecule has 1 saturated heterocycles. The Morgan fingerprint density at radius 3 is 2.86 bits per heavy atom. The van der Waals surface area contributed by atoms with Crippen molar-refractivity contribution in [2.75, 3.05) is 20.3 Å². The molecular weight excluding hydrogens is 180 g/mol. The minimum atomic E-state index is 0.325. The Bertz CT molecular complexity index is 323. The second-order valence-electron chi connectivity index (χ2n) is 3.68. The minimum absolute atomic E-state index is 0.325. The molecule has 1 fully saturated rings. The predicted molar refractivity (Wildman–Crippen MR) is 52.1 cm³/mol. The fraction of sp³-hybridized carbons (Fsp3) is 0.778. The molecule has 0 amide bonds. The number of ether oxygens (including phenoxy) is 1. The largest absolute Gasteiger partial charge is 0.379 e. The molecule has 2 atom stereocenters. The van der Waals surface area contributed by atoms with E-state index in [1.807, 2.05) is 25.7 Å². The first-order chi connectivity index (χ1) is 6.72. The van der Waals surface area contributed by atoms with Crippen LogP contribution in [0.5, 0.6) is 0 Å². The molecule has 2 unspecified atom stereocenters. The molecule has 0 radical (unpaired) electrons. The highest BCUT2D eigenvalue weighted by Gasteiger charge is 2.31. The molecule has 0 saturated carbocycles. The van der Waals surface area contributed by atoms with E-state index in [0.717, 1.165) is 24.9 Å². The van der Waals surface area contributed by atoms with Gasteiger partial charge in [-0.2, -0.15) is 5.10 Å². The number of rotatable bonds is 2. The lowest BCUT2D eigenvalue weighted by molar-refractivity contribution is 0.187. The average Bonchev–Trinajstić information content (AvgIpc) is 2.71. The summed E-state index contributed by atoms with van der Waals surface area (Å²) in [6.45, 7) is 3.40. The summed E-state index contributed by atoms with van der Waals surface area (Å²) in [6, 6.07) is 0.359. The summed E-state index contributed by atoms with van der Waals surface area (Å²) in [7, 11) is 3.88. The predicted octanol–water partition coefficient (Wildman–Crippen LogP) is -0.175. The third-order valence-corrected chi connectivity index (χ3v) is 2.69. The highest BCUT2D eigenvalue weighted by Crippen LogP contribution is 2.23. The monoisotopic (exact) mass is 196 g/mol. The molecule has 1 aliphatic rings. The van der Waals surface area contributed by atoms with E-state index in [1.165, 1.54) is 0 Å². The van der Waals surface area contributed by atoms with E-state index in [9.17, 15) is 0 Å². The molecule has 1 aromatic heterocycles. The van der Waals surface area contributed by atoms with Gasteiger partial charge in [-0.3, -0.25) is 4.68 Å². The molecule has 0 aromatic carbocycles. The van der Waals surface area contributed by atoms with Crippen LogP contribution in [0.15, 0.2) is 0 Å². The number of nitrogens with one attached hydrogen (secondary N) is 1. The Hall–Kier alpha value is -0.940. The number of aromatic nitrogens is 3. The molecule has 14 heavy (non-hydrogen) atoms. The Balaban J connectivity index is 2.25. The van der Waals surface area contributed by atoms with Crippen molar-refractivity contribution in [3.63, 3.8) is 0 Å². The van der Waals surface area contributed by atoms with Crippen molar-refractivity contribution in [1.29, 1.82) is 0 Å². The first-order valence-electron chi connectivity index (χ1n) is 4.85. The Labute approximate surface area is 83.5 Å². The van der Waals surface area contributed by atoms with Crippen molar-refractivity contribution >= 4 is 0 Å². The van der Waals surface area contributed by atoms with Crippen LogP contribution in [0.2, 0.25) is 0 Å². The van der Waals surface area contributed by atoms with Gasteiger partial charge < -0.3 is 10.1 Å². The zero-order chi connectivity index (χ0) is 10.1. The van der Waals surface area contributed by atoms with Crippen molar-refractivity contribution in [3.05, 3.63) is 11.6 Å². The normalized spacial score (nSPS) is 27.1. The lowest BCUT2D eigenvalue weighted by Crippen LogP contribution is -2.32. The highest BCUT2D eigenvalue weighted by atomic mass is 16.5. The van der Waals surface area contributed by atoms with E-state index in [2.05, 4.69) is 15.4 Å². The molecule has 1 aromatic rings. The van der Waals surface area contributed by atoms with Gasteiger partial charge in [0.15, 0.2) is 0 Å². The summed E-state index contributed by atoms with van der Waals surface area (Å²) in [5, 5.41) is 7.49. The van der Waals surface area contributed by atoms with Gasteiger partial charge in [0.05, 0.1) is 19.1 Å². The second-order valence-corrected chi connectivity index (χ2v) is 3.68. The van der Waals surface area contributed by atoms with Crippen LogP contribution in [0, 0.1) is 6.92 Å². The Morgan fingerprint density at radius 2 is 2.29 bits per heavy atom. The van der Waals surface area contributed by atoms with Crippen LogP contribution in [-0.2, 0) is 11.8 Å². The molecular formula is C9H16N4O. The van der Waals surface area contributed by atoms with Gasteiger partial charge in [-0.05, 0) is 14.0 Å². The van der Waals surface area contributed by atoms with E-state index in [1.54, 1.807) is 0 Å². The van der Waals surface area contributed by atoms with Gasteiger partial charge in [-0.1, -0.05) is 0 Å². The van der Waals surface area contributed by atoms with Crippen molar-refractivity contribution in [2.45, 2.75) is 18.9 Å². The summed E-state index contributed by atoms with van der Waals surface area (Å²) in [5.41, 5.74) is 0. The Morgan fingerprint density at radius 1 is 1.50 bits per heavy atom. The molecule has 1 N–H and O–H groups in total. The van der Waals surface area contributed by atoms with E-state index >= 15 is 0 Å². The van der Waals surface area contributed by atoms with E-state index in [4.69, 9.17) is 4.74 Å². The molecule has 1 aliphatic heterocycles. The quantitative estimate of drug-likeness (QED) is 0.713. The third-order valence-electron chi connectivity index (χ3n) is 2.69. The first kappa shape index (κ1) is 9.61. The lowest BCUT2D eigenvalue weighted by atomic mass is 10.0. The van der Waals surface area contributed by atoms with Crippen LogP contribution in [0.1, 0.15) is 17.6 Å². The second kappa shape index (κ2) is 3.67. The maximum Gasteiger partial charge on any atom is 0.147 e. The van der Waals surface area contributed by atoms with E-state index in [0.29, 0.717) is 12.0 Å². The van der Waals surface area contributed by atoms with Gasteiger partial charge in [0.25, 0.3) is 0 Å². The van der Waals surface area contributed by atoms with Gasteiger partial charge in [0.1, 0.15) is 11.6 Å². The fourth-order valence-corrected chi connectivity index (χ4v) is 1.94. The summed E-state index contributed by atoms with van der Waals surface area (Å²) in [5.74, 6) is 2.16. The average molecular weight is 196 g/mol. The summed E-state index contributed by atoms with van der Waals surface area (Å²) >= 11 is 0. The lowest BCUT2D eigenvalue weighted by Gasteiger charge is -2.15. The maximum atomic E-state index is 5.44. The molecule has 78 valence electrons. The van der Waals surface area contributed by atoms with E-state index < -0.39 is 0 Å². The minimum Gasteiger partial charge on any atom is -0.379 e. The summed E-state index contributed by atoms with van der Waals surface area (Å²) in [6.07, 6.45) is 0. The Kier molecular flexibility index (Phi) is 2.52. The highest BCUT2D eigenvalue weighted by molar-refractivity contribution is 5.06. The number of hydrogen-bond acceptors (Lipinski definition) is 4. The number of nitrogens with zero attached hydrogens (tertiary/aromatic N) is 3. The van der Waals surface area contributed by atoms with Crippen LogP contribution >= 0.6 is 0 Å². The molecule has 0 spiro atoms. The molecule has 0 bridgehead atoms. The number of aryl methyl sites for hydroxylation is 2. The molecule has 0 aliphatic carbocycles. The first-order valence-corrected chi connectivity index (χ1v) is 4.85. The van der Waals surface area contributed by atoms with Crippen LogP contribution in [0.25, 0.3) is 0 Å². The molecule has 5 heteroatoms. The van der Waals surface area contributed by atoms with Crippen molar-refractivity contribution in [3.8, 4) is 0 Å². The zero-order valence-electron chi connectivity index (χ0n) is 8.82. The number of likely N-dealkylation sites (N-methyl/N-ethyl adjacent to an activating group) is 1. The van der Waals surface area contributed by atoms with E-state index in [-0.39, 0.29) is 0 Å². The summed E-state index contributed by atoms with van der Waals surface area (Å²) < 4.78 is 7.28. The maximum absolute atomic E-state index is 5.44. The van der Waals surface area contributed by atoms with Crippen molar-refractivity contribution in [1.82, 2.24) is 20.1 Å². The SMILES string of the molecule is CNC1COCC1c1nc(C)nn1C. The van der Waals surface area contributed by atoms with Gasteiger partial charge in [-0.25, -0.2) is 4.98 Å². The standard InChI is InChI=1S/C9H16N4O/c1-6-11-9(13(3)12-6)7-4-14-5-8(7)10-2/h7-8,10H,4-5H2,1-3H3. The number of hydrogen-bond donors (Lipinski definition) is 1.